The SMILES string of the molecule is COc1ccc(Cn2c(NCCN=C(N)N)nc(=O)n(C(C)c3ccc(OC)cc3)c2=O)cc1. The lowest BCUT2D eigenvalue weighted by molar-refractivity contribution is 0.414. The third-order valence-corrected chi connectivity index (χ3v) is 5.27. The first-order chi connectivity index (χ1) is 16.3. The van der Waals surface area contributed by atoms with Crippen LogP contribution in [-0.2, 0) is 6.54 Å². The molecule has 1 heterocycles. The Morgan fingerprint density at radius 1 is 1.03 bits per heavy atom. The van der Waals surface area contributed by atoms with E-state index in [9.17, 15) is 9.59 Å². The molecule has 34 heavy (non-hydrogen) atoms. The Hall–Kier alpha value is -4.28. The van der Waals surface area contributed by atoms with E-state index in [0.29, 0.717) is 11.5 Å². The van der Waals surface area contributed by atoms with Gasteiger partial charge in [0.1, 0.15) is 11.5 Å². The summed E-state index contributed by atoms with van der Waals surface area (Å²) in [5.41, 5.74) is 11.2. The number of benzene rings is 2. The van der Waals surface area contributed by atoms with E-state index < -0.39 is 17.4 Å². The van der Waals surface area contributed by atoms with Gasteiger partial charge in [0.15, 0.2) is 5.96 Å². The Bertz CT molecular complexity index is 1240. The summed E-state index contributed by atoms with van der Waals surface area (Å²) in [6, 6.07) is 13.9. The number of aromatic nitrogens is 3. The molecule has 0 aliphatic rings. The Morgan fingerprint density at radius 3 is 2.18 bits per heavy atom. The number of methoxy groups -OCH3 is 2. The highest BCUT2D eigenvalue weighted by atomic mass is 16.5. The summed E-state index contributed by atoms with van der Waals surface area (Å²) in [6.45, 7) is 2.50. The van der Waals surface area contributed by atoms with Crippen LogP contribution in [0.25, 0.3) is 0 Å². The van der Waals surface area contributed by atoms with Gasteiger partial charge in [0.25, 0.3) is 0 Å². The maximum Gasteiger partial charge on any atom is 0.355 e. The molecule has 0 fully saturated rings. The number of guanidine groups is 1. The van der Waals surface area contributed by atoms with Crippen LogP contribution in [0.5, 0.6) is 11.5 Å². The van der Waals surface area contributed by atoms with Crippen molar-refractivity contribution < 1.29 is 9.47 Å². The maximum absolute atomic E-state index is 13.5. The molecule has 3 rings (SSSR count). The lowest BCUT2D eigenvalue weighted by atomic mass is 10.1. The van der Waals surface area contributed by atoms with Gasteiger partial charge in [0.05, 0.1) is 33.4 Å². The van der Waals surface area contributed by atoms with E-state index >= 15 is 0 Å². The summed E-state index contributed by atoms with van der Waals surface area (Å²) in [5.74, 6) is 1.46. The normalized spacial score (nSPS) is 11.5. The number of rotatable bonds is 10. The van der Waals surface area contributed by atoms with Crippen LogP contribution in [-0.4, -0.2) is 47.4 Å². The van der Waals surface area contributed by atoms with Crippen molar-refractivity contribution in [3.05, 3.63) is 80.6 Å². The van der Waals surface area contributed by atoms with Crippen LogP contribution < -0.4 is 37.6 Å². The van der Waals surface area contributed by atoms with Crippen molar-refractivity contribution in [2.75, 3.05) is 32.6 Å². The Labute approximate surface area is 196 Å². The third kappa shape index (κ3) is 5.74. The van der Waals surface area contributed by atoms with E-state index in [2.05, 4.69) is 15.3 Å². The third-order valence-electron chi connectivity index (χ3n) is 5.27. The van der Waals surface area contributed by atoms with Gasteiger partial charge >= 0.3 is 11.4 Å². The van der Waals surface area contributed by atoms with Gasteiger partial charge in [0.2, 0.25) is 5.95 Å². The summed E-state index contributed by atoms with van der Waals surface area (Å²) < 4.78 is 12.9. The molecular weight excluding hydrogens is 438 g/mol. The van der Waals surface area contributed by atoms with Gasteiger partial charge < -0.3 is 26.3 Å². The predicted molar refractivity (Wildman–Crippen MR) is 131 cm³/mol. The lowest BCUT2D eigenvalue weighted by Crippen LogP contribution is -2.44. The van der Waals surface area contributed by atoms with E-state index in [1.54, 1.807) is 45.4 Å². The summed E-state index contributed by atoms with van der Waals surface area (Å²) in [5, 5.41) is 2.99. The molecule has 0 aliphatic heterocycles. The highest BCUT2D eigenvalue weighted by Gasteiger charge is 2.19. The molecule has 0 spiro atoms. The smallest absolute Gasteiger partial charge is 0.355 e. The minimum Gasteiger partial charge on any atom is -0.497 e. The Morgan fingerprint density at radius 2 is 1.62 bits per heavy atom. The zero-order valence-electron chi connectivity index (χ0n) is 19.4. The van der Waals surface area contributed by atoms with Gasteiger partial charge in [-0.2, -0.15) is 4.98 Å². The largest absolute Gasteiger partial charge is 0.497 e. The fraction of sp³-hybridized carbons (Fsp3) is 0.304. The van der Waals surface area contributed by atoms with Crippen LogP contribution in [0, 0.1) is 0 Å². The van der Waals surface area contributed by atoms with Gasteiger partial charge in [-0.25, -0.2) is 14.2 Å². The number of hydrogen-bond donors (Lipinski definition) is 3. The van der Waals surface area contributed by atoms with Crippen molar-refractivity contribution >= 4 is 11.9 Å². The van der Waals surface area contributed by atoms with Crippen LogP contribution >= 0.6 is 0 Å². The molecule has 2 aromatic carbocycles. The summed E-state index contributed by atoms with van der Waals surface area (Å²) in [7, 11) is 3.15. The quantitative estimate of drug-likeness (QED) is 0.225. The zero-order valence-corrected chi connectivity index (χ0v) is 19.4. The molecule has 180 valence electrons. The van der Waals surface area contributed by atoms with Gasteiger partial charge in [-0.1, -0.05) is 24.3 Å². The summed E-state index contributed by atoms with van der Waals surface area (Å²) in [6.07, 6.45) is 0. The average Bonchev–Trinajstić information content (AvgIpc) is 2.84. The summed E-state index contributed by atoms with van der Waals surface area (Å²) in [4.78, 5) is 34.5. The van der Waals surface area contributed by atoms with Crippen LogP contribution in [0.4, 0.5) is 5.95 Å². The number of nitrogens with two attached hydrogens (primary N) is 2. The van der Waals surface area contributed by atoms with Crippen LogP contribution in [0.3, 0.4) is 0 Å². The maximum atomic E-state index is 13.5. The van der Waals surface area contributed by atoms with E-state index in [1.165, 1.54) is 4.57 Å². The fourth-order valence-corrected chi connectivity index (χ4v) is 3.41. The second-order valence-electron chi connectivity index (χ2n) is 7.49. The monoisotopic (exact) mass is 467 g/mol. The average molecular weight is 468 g/mol. The van der Waals surface area contributed by atoms with Crippen molar-refractivity contribution in [2.24, 2.45) is 16.5 Å². The zero-order chi connectivity index (χ0) is 24.7. The molecule has 5 N–H and O–H groups in total. The lowest BCUT2D eigenvalue weighted by Gasteiger charge is -2.19. The number of anilines is 1. The highest BCUT2D eigenvalue weighted by Crippen LogP contribution is 2.19. The molecule has 1 atom stereocenters. The van der Waals surface area contributed by atoms with E-state index in [4.69, 9.17) is 20.9 Å². The molecule has 1 aromatic heterocycles. The molecule has 0 amide bonds. The first-order valence-electron chi connectivity index (χ1n) is 10.6. The van der Waals surface area contributed by atoms with Crippen LogP contribution in [0.15, 0.2) is 63.1 Å². The number of nitrogens with one attached hydrogen (secondary N) is 1. The van der Waals surface area contributed by atoms with Gasteiger partial charge in [-0.05, 0) is 42.3 Å². The van der Waals surface area contributed by atoms with Crippen molar-refractivity contribution in [1.29, 1.82) is 0 Å². The van der Waals surface area contributed by atoms with Crippen molar-refractivity contribution in [1.82, 2.24) is 14.1 Å². The molecular formula is C23H29N7O4. The number of aliphatic imine (C=N–C) groups is 1. The number of ether oxygens (including phenoxy) is 2. The topological polar surface area (TPSA) is 152 Å². The van der Waals surface area contributed by atoms with Crippen molar-refractivity contribution in [3.8, 4) is 11.5 Å². The van der Waals surface area contributed by atoms with Gasteiger partial charge in [-0.15, -0.1) is 0 Å². The fourth-order valence-electron chi connectivity index (χ4n) is 3.41. The molecule has 1 unspecified atom stereocenters. The highest BCUT2D eigenvalue weighted by molar-refractivity contribution is 5.75. The van der Waals surface area contributed by atoms with Gasteiger partial charge in [0, 0.05) is 6.54 Å². The molecule has 11 nitrogen and oxygen atoms in total. The number of hydrogen-bond acceptors (Lipinski definition) is 7. The molecule has 0 aliphatic carbocycles. The predicted octanol–water partition coefficient (Wildman–Crippen LogP) is 0.765. The minimum absolute atomic E-state index is 0.0471. The molecule has 11 heteroatoms. The number of nitrogens with zero attached hydrogens (tertiary/aromatic N) is 4. The minimum atomic E-state index is -0.663. The Balaban J connectivity index is 2.02. The van der Waals surface area contributed by atoms with Gasteiger partial charge in [-0.3, -0.25) is 9.56 Å². The van der Waals surface area contributed by atoms with Crippen LogP contribution in [0.2, 0.25) is 0 Å². The molecule has 0 radical (unpaired) electrons. The standard InChI is InChI=1S/C23H29N7O4/c1-15(17-6-10-19(34-3)11-7-17)30-22(31)28-21(27-13-12-26-20(24)25)29(23(30)32)14-16-4-8-18(33-2)9-5-16/h4-11,15H,12-14H2,1-3H3,(H4,24,25,26)(H,27,28,31). The van der Waals surface area contributed by atoms with E-state index in [-0.39, 0.29) is 31.5 Å². The van der Waals surface area contributed by atoms with Crippen LogP contribution in [0.1, 0.15) is 24.1 Å². The van der Waals surface area contributed by atoms with Crippen molar-refractivity contribution in [3.63, 3.8) is 0 Å². The Kier molecular flexibility index (Phi) is 7.91. The first kappa shape index (κ1) is 24.4. The summed E-state index contributed by atoms with van der Waals surface area (Å²) >= 11 is 0. The molecule has 0 saturated heterocycles. The second kappa shape index (κ2) is 11.0. The van der Waals surface area contributed by atoms with E-state index in [0.717, 1.165) is 15.7 Å². The second-order valence-corrected chi connectivity index (χ2v) is 7.49. The van der Waals surface area contributed by atoms with Crippen molar-refractivity contribution in [2.45, 2.75) is 19.5 Å². The molecule has 0 bridgehead atoms. The molecule has 0 saturated carbocycles. The first-order valence-corrected chi connectivity index (χ1v) is 10.6. The van der Waals surface area contributed by atoms with E-state index in [1.807, 2.05) is 24.3 Å². The molecule has 3 aromatic rings.